The minimum Gasteiger partial charge on any atom is -0.497 e. The zero-order chi connectivity index (χ0) is 15.5. The summed E-state index contributed by atoms with van der Waals surface area (Å²) in [5.41, 5.74) is 1.02. The molecule has 116 valence electrons. The first-order valence-electron chi connectivity index (χ1n) is 7.31. The molecule has 0 spiro atoms. The van der Waals surface area contributed by atoms with Crippen molar-refractivity contribution in [3.63, 3.8) is 0 Å². The van der Waals surface area contributed by atoms with Crippen molar-refractivity contribution in [3.05, 3.63) is 46.2 Å². The summed E-state index contributed by atoms with van der Waals surface area (Å²) in [4.78, 5) is 15.4. The van der Waals surface area contributed by atoms with Gasteiger partial charge >= 0.3 is 0 Å². The molecule has 1 fully saturated rings. The first-order chi connectivity index (χ1) is 10.7. The van der Waals surface area contributed by atoms with E-state index in [1.165, 1.54) is 11.3 Å². The predicted octanol–water partition coefficient (Wildman–Crippen LogP) is 3.74. The highest BCUT2D eigenvalue weighted by molar-refractivity contribution is 7.12. The van der Waals surface area contributed by atoms with Crippen molar-refractivity contribution < 1.29 is 14.3 Å². The summed E-state index contributed by atoms with van der Waals surface area (Å²) in [5.74, 6) is 1.69. The zero-order valence-corrected chi connectivity index (χ0v) is 13.6. The van der Waals surface area contributed by atoms with Crippen LogP contribution in [0.1, 0.15) is 34.1 Å². The molecule has 0 bridgehead atoms. The van der Waals surface area contributed by atoms with E-state index in [4.69, 9.17) is 9.47 Å². The lowest BCUT2D eigenvalue weighted by Crippen LogP contribution is -2.30. The summed E-state index contributed by atoms with van der Waals surface area (Å²) in [6.45, 7) is 0.780. The van der Waals surface area contributed by atoms with Gasteiger partial charge in [0.05, 0.1) is 25.1 Å². The normalized spacial score (nSPS) is 17.5. The van der Waals surface area contributed by atoms with Gasteiger partial charge in [0.25, 0.3) is 5.91 Å². The van der Waals surface area contributed by atoms with Crippen LogP contribution in [-0.4, -0.2) is 31.6 Å². The summed E-state index contributed by atoms with van der Waals surface area (Å²) in [7, 11) is 3.31. The number of hydrogen-bond acceptors (Lipinski definition) is 4. The molecule has 2 aromatic rings. The largest absolute Gasteiger partial charge is 0.497 e. The molecule has 2 heterocycles. The highest BCUT2D eigenvalue weighted by Crippen LogP contribution is 2.39. The van der Waals surface area contributed by atoms with Crippen molar-refractivity contribution in [3.8, 4) is 11.5 Å². The number of rotatable bonds is 4. The van der Waals surface area contributed by atoms with E-state index in [2.05, 4.69) is 0 Å². The monoisotopic (exact) mass is 317 g/mol. The first-order valence-corrected chi connectivity index (χ1v) is 8.19. The second kappa shape index (κ2) is 6.40. The van der Waals surface area contributed by atoms with Crippen molar-refractivity contribution >= 4 is 17.2 Å². The van der Waals surface area contributed by atoms with Crippen LogP contribution in [0.2, 0.25) is 0 Å². The van der Waals surface area contributed by atoms with Gasteiger partial charge in [0.1, 0.15) is 11.5 Å². The molecule has 1 aromatic carbocycles. The van der Waals surface area contributed by atoms with Crippen LogP contribution in [0.5, 0.6) is 11.5 Å². The molecule has 22 heavy (non-hydrogen) atoms. The third-order valence-electron chi connectivity index (χ3n) is 4.04. The van der Waals surface area contributed by atoms with Crippen molar-refractivity contribution in [1.29, 1.82) is 0 Å². The Hall–Kier alpha value is -2.01. The Labute approximate surface area is 134 Å². The second-order valence-corrected chi connectivity index (χ2v) is 6.19. The Morgan fingerprint density at radius 2 is 2.14 bits per heavy atom. The van der Waals surface area contributed by atoms with E-state index in [-0.39, 0.29) is 11.9 Å². The number of carbonyl (C=O) groups is 1. The Balaban J connectivity index is 1.94. The SMILES string of the molecule is COc1ccc(OC)c([C@@H]2CCCN2C(=O)c2cccs2)c1. The van der Waals surface area contributed by atoms with Crippen molar-refractivity contribution in [2.24, 2.45) is 0 Å². The molecule has 4 nitrogen and oxygen atoms in total. The third-order valence-corrected chi connectivity index (χ3v) is 4.90. The number of amides is 1. The molecule has 1 amide bonds. The molecule has 1 aliphatic heterocycles. The summed E-state index contributed by atoms with van der Waals surface area (Å²) >= 11 is 1.49. The van der Waals surface area contributed by atoms with E-state index in [0.717, 1.165) is 41.3 Å². The van der Waals surface area contributed by atoms with E-state index >= 15 is 0 Å². The molecule has 1 aromatic heterocycles. The minimum absolute atomic E-state index is 0.0413. The molecule has 0 unspecified atom stereocenters. The second-order valence-electron chi connectivity index (χ2n) is 5.24. The van der Waals surface area contributed by atoms with Gasteiger partial charge in [-0.15, -0.1) is 11.3 Å². The first kappa shape index (κ1) is 14.9. The molecule has 5 heteroatoms. The molecule has 1 saturated heterocycles. The van der Waals surface area contributed by atoms with Gasteiger partial charge in [0.15, 0.2) is 0 Å². The Bertz CT molecular complexity index is 654. The molecule has 0 radical (unpaired) electrons. The fourth-order valence-electron chi connectivity index (χ4n) is 2.97. The maximum atomic E-state index is 12.7. The summed E-state index contributed by atoms with van der Waals surface area (Å²) in [6.07, 6.45) is 1.95. The van der Waals surface area contributed by atoms with Crippen molar-refractivity contribution in [2.45, 2.75) is 18.9 Å². The lowest BCUT2D eigenvalue weighted by molar-refractivity contribution is 0.0739. The van der Waals surface area contributed by atoms with Crippen LogP contribution in [-0.2, 0) is 0 Å². The fraction of sp³-hybridized carbons (Fsp3) is 0.353. The van der Waals surface area contributed by atoms with Gasteiger partial charge in [-0.1, -0.05) is 6.07 Å². The van der Waals surface area contributed by atoms with Gasteiger partial charge in [0, 0.05) is 12.1 Å². The molecule has 0 aliphatic carbocycles. The molecular formula is C17H19NO3S. The van der Waals surface area contributed by atoms with Gasteiger partial charge in [-0.05, 0) is 42.5 Å². The maximum absolute atomic E-state index is 12.7. The average Bonchev–Trinajstić information content (AvgIpc) is 3.24. The van der Waals surface area contributed by atoms with Gasteiger partial charge in [-0.3, -0.25) is 4.79 Å². The minimum atomic E-state index is 0.0413. The van der Waals surface area contributed by atoms with Crippen LogP contribution >= 0.6 is 11.3 Å². The molecule has 1 aliphatic rings. The molecular weight excluding hydrogens is 298 g/mol. The number of carbonyl (C=O) groups excluding carboxylic acids is 1. The van der Waals surface area contributed by atoms with Crippen LogP contribution < -0.4 is 9.47 Å². The lowest BCUT2D eigenvalue weighted by atomic mass is 10.0. The number of ether oxygens (including phenoxy) is 2. The summed E-state index contributed by atoms with van der Waals surface area (Å²) < 4.78 is 10.8. The highest BCUT2D eigenvalue weighted by Gasteiger charge is 2.33. The van der Waals surface area contributed by atoms with E-state index in [9.17, 15) is 4.79 Å². The molecule has 0 saturated carbocycles. The number of nitrogens with zero attached hydrogens (tertiary/aromatic N) is 1. The van der Waals surface area contributed by atoms with Crippen LogP contribution in [0.15, 0.2) is 35.7 Å². The van der Waals surface area contributed by atoms with E-state index < -0.39 is 0 Å². The van der Waals surface area contributed by atoms with E-state index in [1.54, 1.807) is 14.2 Å². The Kier molecular flexibility index (Phi) is 4.34. The average molecular weight is 317 g/mol. The van der Waals surface area contributed by atoms with E-state index in [0.29, 0.717) is 0 Å². The molecule has 3 rings (SSSR count). The van der Waals surface area contributed by atoms with Crippen molar-refractivity contribution in [1.82, 2.24) is 4.90 Å². The van der Waals surface area contributed by atoms with Crippen molar-refractivity contribution in [2.75, 3.05) is 20.8 Å². The van der Waals surface area contributed by atoms with Crippen LogP contribution in [0.3, 0.4) is 0 Å². The standard InChI is InChI=1S/C17H19NO3S/c1-20-12-7-8-15(21-2)13(11-12)14-5-3-9-18(14)17(19)16-6-4-10-22-16/h4,6-8,10-11,14H,3,5,9H2,1-2H3/t14-/m0/s1. The number of methoxy groups -OCH3 is 2. The summed E-state index contributed by atoms with van der Waals surface area (Å²) in [5, 5.41) is 1.93. The smallest absolute Gasteiger partial charge is 0.264 e. The van der Waals surface area contributed by atoms with Gasteiger partial charge in [-0.2, -0.15) is 0 Å². The fourth-order valence-corrected chi connectivity index (χ4v) is 3.65. The van der Waals surface area contributed by atoms with Gasteiger partial charge < -0.3 is 14.4 Å². The Morgan fingerprint density at radius 3 is 2.82 bits per heavy atom. The zero-order valence-electron chi connectivity index (χ0n) is 12.7. The molecule has 1 atom stereocenters. The van der Waals surface area contributed by atoms with Crippen LogP contribution in [0.25, 0.3) is 0 Å². The van der Waals surface area contributed by atoms with Crippen LogP contribution in [0.4, 0.5) is 0 Å². The van der Waals surface area contributed by atoms with Gasteiger partial charge in [-0.25, -0.2) is 0 Å². The number of hydrogen-bond donors (Lipinski definition) is 0. The summed E-state index contributed by atoms with van der Waals surface area (Å²) in [6, 6.07) is 9.59. The predicted molar refractivity (Wildman–Crippen MR) is 86.9 cm³/mol. The van der Waals surface area contributed by atoms with Crippen LogP contribution in [0, 0.1) is 0 Å². The quantitative estimate of drug-likeness (QED) is 0.862. The van der Waals surface area contributed by atoms with Gasteiger partial charge in [0.2, 0.25) is 0 Å². The number of thiophene rings is 1. The maximum Gasteiger partial charge on any atom is 0.264 e. The lowest BCUT2D eigenvalue weighted by Gasteiger charge is -2.26. The number of likely N-dealkylation sites (tertiary alicyclic amines) is 1. The topological polar surface area (TPSA) is 38.8 Å². The van der Waals surface area contributed by atoms with E-state index in [1.807, 2.05) is 40.6 Å². The number of benzene rings is 1. The molecule has 0 N–H and O–H groups in total. The highest BCUT2D eigenvalue weighted by atomic mass is 32.1. The third kappa shape index (κ3) is 2.68. The Morgan fingerprint density at radius 1 is 1.27 bits per heavy atom.